The molecule has 0 bridgehead atoms. The summed E-state index contributed by atoms with van der Waals surface area (Å²) in [7, 11) is 0. The lowest BCUT2D eigenvalue weighted by molar-refractivity contribution is 0.234. The first-order valence-corrected chi connectivity index (χ1v) is 9.11. The van der Waals surface area contributed by atoms with Gasteiger partial charge in [0, 0.05) is 0 Å². The van der Waals surface area contributed by atoms with Crippen LogP contribution in [0.5, 0.6) is 0 Å². The molecule has 2 amide bonds. The maximum Gasteiger partial charge on any atom is 0.315 e. The molecular weight excluding hydrogens is 336 g/mol. The van der Waals surface area contributed by atoms with E-state index in [2.05, 4.69) is 44.9 Å². The Labute approximate surface area is 157 Å². The monoisotopic (exact) mass is 358 g/mol. The molecule has 0 aliphatic heterocycles. The van der Waals surface area contributed by atoms with Gasteiger partial charge in [0.15, 0.2) is 0 Å². The number of amides is 2. The highest BCUT2D eigenvalue weighted by Crippen LogP contribution is 2.24. The Morgan fingerprint density at radius 1 is 0.889 bits per heavy atom. The first kappa shape index (κ1) is 17.1. The minimum atomic E-state index is -0.225. The average Bonchev–Trinajstić information content (AvgIpc) is 3.12. The lowest BCUT2D eigenvalue weighted by Gasteiger charge is -2.19. The van der Waals surface area contributed by atoms with Crippen molar-refractivity contribution in [3.05, 3.63) is 78.1 Å². The van der Waals surface area contributed by atoms with E-state index in [0.717, 1.165) is 27.8 Å². The van der Waals surface area contributed by atoms with Gasteiger partial charge in [-0.3, -0.25) is 0 Å². The van der Waals surface area contributed by atoms with Crippen molar-refractivity contribution >= 4 is 27.8 Å². The van der Waals surface area contributed by atoms with Crippen LogP contribution in [0.15, 0.2) is 66.7 Å². The number of hydrogen-bond donors (Lipinski definition) is 3. The summed E-state index contributed by atoms with van der Waals surface area (Å²) in [5, 5.41) is 8.31. The molecule has 3 aromatic carbocycles. The predicted octanol–water partition coefficient (Wildman–Crippen LogP) is 4.84. The molecule has 1 aromatic heterocycles. The van der Waals surface area contributed by atoms with E-state index in [1.807, 2.05) is 56.3 Å². The van der Waals surface area contributed by atoms with E-state index in [0.29, 0.717) is 0 Å². The molecule has 0 saturated heterocycles. The van der Waals surface area contributed by atoms with E-state index in [-0.39, 0.29) is 18.1 Å². The van der Waals surface area contributed by atoms with E-state index < -0.39 is 0 Å². The summed E-state index contributed by atoms with van der Waals surface area (Å²) < 4.78 is 0. The highest BCUT2D eigenvalue weighted by molar-refractivity contribution is 5.86. The molecule has 0 saturated carbocycles. The van der Waals surface area contributed by atoms with Crippen LogP contribution < -0.4 is 10.6 Å². The molecule has 27 heavy (non-hydrogen) atoms. The summed E-state index contributed by atoms with van der Waals surface area (Å²) in [6.45, 7) is 3.91. The van der Waals surface area contributed by atoms with Gasteiger partial charge in [-0.15, -0.1) is 0 Å². The number of carbonyl (C=O) groups excluding carboxylic acids is 1. The summed E-state index contributed by atoms with van der Waals surface area (Å²) in [5.41, 5.74) is 2.95. The number of nitrogens with zero attached hydrogens (tertiary/aromatic N) is 1. The number of carbonyl (C=O) groups is 1. The van der Waals surface area contributed by atoms with Gasteiger partial charge in [-0.25, -0.2) is 9.78 Å². The fourth-order valence-electron chi connectivity index (χ4n) is 3.39. The minimum Gasteiger partial charge on any atom is -0.340 e. The van der Waals surface area contributed by atoms with Crippen LogP contribution in [0.25, 0.3) is 21.8 Å². The van der Waals surface area contributed by atoms with Gasteiger partial charge in [0.2, 0.25) is 0 Å². The molecule has 0 radical (unpaired) electrons. The lowest BCUT2D eigenvalue weighted by Crippen LogP contribution is -2.38. The van der Waals surface area contributed by atoms with E-state index in [9.17, 15) is 4.79 Å². The maximum absolute atomic E-state index is 12.5. The third kappa shape index (κ3) is 3.49. The first-order chi connectivity index (χ1) is 13.1. The van der Waals surface area contributed by atoms with Crippen molar-refractivity contribution in [3.8, 4) is 0 Å². The quantitative estimate of drug-likeness (QED) is 0.489. The topological polar surface area (TPSA) is 69.8 Å². The van der Waals surface area contributed by atoms with Crippen molar-refractivity contribution in [2.24, 2.45) is 0 Å². The van der Waals surface area contributed by atoms with Crippen LogP contribution in [0, 0.1) is 0 Å². The number of nitrogens with one attached hydrogen (secondary N) is 3. The molecule has 136 valence electrons. The van der Waals surface area contributed by atoms with Gasteiger partial charge < -0.3 is 15.6 Å². The van der Waals surface area contributed by atoms with Gasteiger partial charge in [-0.2, -0.15) is 0 Å². The Morgan fingerprint density at radius 3 is 2.44 bits per heavy atom. The van der Waals surface area contributed by atoms with E-state index >= 15 is 0 Å². The number of aromatic nitrogens is 2. The minimum absolute atomic E-state index is 0.112. The van der Waals surface area contributed by atoms with Gasteiger partial charge in [-0.1, -0.05) is 54.6 Å². The molecular formula is C22H22N4O. The Bertz CT molecular complexity index is 1060. The third-order valence-corrected chi connectivity index (χ3v) is 4.80. The number of aromatic amines is 1. The second-order valence-electron chi connectivity index (χ2n) is 6.77. The number of urea groups is 1. The smallest absolute Gasteiger partial charge is 0.315 e. The Balaban J connectivity index is 1.46. The number of imidazole rings is 1. The van der Waals surface area contributed by atoms with Crippen molar-refractivity contribution in [2.75, 3.05) is 0 Å². The largest absolute Gasteiger partial charge is 0.340 e. The zero-order valence-electron chi connectivity index (χ0n) is 15.4. The van der Waals surface area contributed by atoms with Crippen LogP contribution in [0.1, 0.15) is 37.3 Å². The van der Waals surface area contributed by atoms with Gasteiger partial charge in [0.25, 0.3) is 0 Å². The second-order valence-corrected chi connectivity index (χ2v) is 6.77. The van der Waals surface area contributed by atoms with E-state index in [1.165, 1.54) is 5.39 Å². The van der Waals surface area contributed by atoms with E-state index in [4.69, 9.17) is 0 Å². The predicted molar refractivity (Wildman–Crippen MR) is 109 cm³/mol. The van der Waals surface area contributed by atoms with Crippen LogP contribution in [0.2, 0.25) is 0 Å². The van der Waals surface area contributed by atoms with E-state index in [1.54, 1.807) is 0 Å². The van der Waals surface area contributed by atoms with Crippen LogP contribution >= 0.6 is 0 Å². The van der Waals surface area contributed by atoms with Crippen LogP contribution in [0.3, 0.4) is 0 Å². The fourth-order valence-corrected chi connectivity index (χ4v) is 3.39. The third-order valence-electron chi connectivity index (χ3n) is 4.80. The van der Waals surface area contributed by atoms with Crippen LogP contribution in [-0.2, 0) is 0 Å². The van der Waals surface area contributed by atoms with Crippen molar-refractivity contribution in [3.63, 3.8) is 0 Å². The molecule has 0 spiro atoms. The van der Waals surface area contributed by atoms with Gasteiger partial charge in [0.05, 0.1) is 23.1 Å². The highest BCUT2D eigenvalue weighted by Gasteiger charge is 2.16. The second kappa shape index (κ2) is 7.11. The lowest BCUT2D eigenvalue weighted by atomic mass is 10.00. The fraction of sp³-hybridized carbons (Fsp3) is 0.182. The van der Waals surface area contributed by atoms with Crippen LogP contribution in [0.4, 0.5) is 4.79 Å². The number of fused-ring (bicyclic) bond motifs is 2. The van der Waals surface area contributed by atoms with Gasteiger partial charge in [0.1, 0.15) is 5.82 Å². The summed E-state index contributed by atoms with van der Waals surface area (Å²) in [4.78, 5) is 20.3. The molecule has 5 nitrogen and oxygen atoms in total. The standard InChI is InChI=1S/C22H22N4O/c1-14(17-11-7-9-16-8-3-4-10-18(16)17)23-22(27)24-15(2)21-25-19-12-5-6-13-20(19)26-21/h3-15H,1-2H3,(H,25,26)(H2,23,24,27). The zero-order chi connectivity index (χ0) is 18.8. The maximum atomic E-state index is 12.5. The number of benzene rings is 3. The summed E-state index contributed by atoms with van der Waals surface area (Å²) in [5.74, 6) is 0.740. The Hall–Kier alpha value is -3.34. The van der Waals surface area contributed by atoms with Gasteiger partial charge in [-0.05, 0) is 42.3 Å². The number of hydrogen-bond acceptors (Lipinski definition) is 2. The molecule has 4 aromatic rings. The molecule has 2 atom stereocenters. The molecule has 2 unspecified atom stereocenters. The van der Waals surface area contributed by atoms with Crippen molar-refractivity contribution in [2.45, 2.75) is 25.9 Å². The van der Waals surface area contributed by atoms with Crippen molar-refractivity contribution in [1.29, 1.82) is 0 Å². The Kier molecular flexibility index (Phi) is 4.50. The normalized spacial score (nSPS) is 13.4. The molecule has 1 heterocycles. The van der Waals surface area contributed by atoms with Crippen molar-refractivity contribution < 1.29 is 4.79 Å². The molecule has 0 aliphatic rings. The molecule has 0 aliphatic carbocycles. The summed E-state index contributed by atoms with van der Waals surface area (Å²) >= 11 is 0. The SMILES string of the molecule is CC(NC(=O)NC(C)c1cccc2ccccc12)c1nc2ccccc2[nH]1. The summed E-state index contributed by atoms with van der Waals surface area (Å²) in [6, 6.07) is 21.6. The average molecular weight is 358 g/mol. The first-order valence-electron chi connectivity index (χ1n) is 9.11. The summed E-state index contributed by atoms with van der Waals surface area (Å²) in [6.07, 6.45) is 0. The number of H-pyrrole nitrogens is 1. The highest BCUT2D eigenvalue weighted by atomic mass is 16.2. The molecule has 5 heteroatoms. The molecule has 4 rings (SSSR count). The van der Waals surface area contributed by atoms with Gasteiger partial charge >= 0.3 is 6.03 Å². The number of para-hydroxylation sites is 2. The zero-order valence-corrected chi connectivity index (χ0v) is 15.4. The van der Waals surface area contributed by atoms with Crippen molar-refractivity contribution in [1.82, 2.24) is 20.6 Å². The Morgan fingerprint density at radius 2 is 1.59 bits per heavy atom. The molecule has 3 N–H and O–H groups in total. The molecule has 0 fully saturated rings. The number of rotatable bonds is 4. The van der Waals surface area contributed by atoms with Crippen LogP contribution in [-0.4, -0.2) is 16.0 Å².